The molecule has 0 bridgehead atoms. The van der Waals surface area contributed by atoms with Crippen molar-refractivity contribution in [3.05, 3.63) is 82.4 Å². The first kappa shape index (κ1) is 23.6. The third kappa shape index (κ3) is 5.81. The Balaban J connectivity index is 1.65. The van der Waals surface area contributed by atoms with Gasteiger partial charge in [0.25, 0.3) is 15.9 Å². The zero-order chi connectivity index (χ0) is 23.5. The van der Waals surface area contributed by atoms with Crippen LogP contribution >= 0.6 is 11.6 Å². The Bertz CT molecular complexity index is 1220. The van der Waals surface area contributed by atoms with Gasteiger partial charge in [-0.2, -0.15) is 0 Å². The Labute approximate surface area is 193 Å². The lowest BCUT2D eigenvalue weighted by Gasteiger charge is -2.16. The molecule has 168 valence electrons. The smallest absolute Gasteiger partial charge is 0.265 e. The fourth-order valence-electron chi connectivity index (χ4n) is 3.12. The van der Waals surface area contributed by atoms with Crippen molar-refractivity contribution in [1.29, 1.82) is 0 Å². The first-order valence-corrected chi connectivity index (χ1v) is 11.8. The topological polar surface area (TPSA) is 84.5 Å². The molecule has 1 atom stereocenters. The monoisotopic (exact) mass is 472 g/mol. The Morgan fingerprint density at radius 3 is 2.16 bits per heavy atom. The van der Waals surface area contributed by atoms with E-state index in [0.717, 1.165) is 16.7 Å². The molecule has 0 aliphatic rings. The summed E-state index contributed by atoms with van der Waals surface area (Å²) in [6, 6.07) is 16.6. The summed E-state index contributed by atoms with van der Waals surface area (Å²) in [5.41, 5.74) is 3.63. The number of sulfonamides is 1. The molecule has 1 unspecified atom stereocenters. The number of carbonyl (C=O) groups excluding carboxylic acids is 1. The van der Waals surface area contributed by atoms with Gasteiger partial charge in [-0.1, -0.05) is 23.7 Å². The Morgan fingerprint density at radius 1 is 0.938 bits per heavy atom. The molecule has 0 aliphatic heterocycles. The van der Waals surface area contributed by atoms with Gasteiger partial charge in [0, 0.05) is 16.4 Å². The van der Waals surface area contributed by atoms with Gasteiger partial charge >= 0.3 is 0 Å². The predicted molar refractivity (Wildman–Crippen MR) is 128 cm³/mol. The van der Waals surface area contributed by atoms with E-state index in [1.54, 1.807) is 37.3 Å². The van der Waals surface area contributed by atoms with Crippen molar-refractivity contribution < 1.29 is 17.9 Å². The van der Waals surface area contributed by atoms with Crippen molar-refractivity contribution in [2.75, 3.05) is 10.0 Å². The van der Waals surface area contributed by atoms with E-state index in [0.29, 0.717) is 22.1 Å². The second-order valence-corrected chi connectivity index (χ2v) is 9.68. The van der Waals surface area contributed by atoms with Gasteiger partial charge in [0.2, 0.25) is 0 Å². The lowest BCUT2D eigenvalue weighted by molar-refractivity contribution is -0.122. The molecule has 0 spiro atoms. The number of amides is 1. The van der Waals surface area contributed by atoms with Gasteiger partial charge in [-0.3, -0.25) is 9.52 Å². The molecular weight excluding hydrogens is 448 g/mol. The summed E-state index contributed by atoms with van der Waals surface area (Å²) >= 11 is 6.17. The summed E-state index contributed by atoms with van der Waals surface area (Å²) < 4.78 is 33.5. The molecule has 0 aromatic heterocycles. The van der Waals surface area contributed by atoms with Gasteiger partial charge < -0.3 is 10.1 Å². The number of anilines is 2. The quantitative estimate of drug-likeness (QED) is 0.477. The molecule has 6 nitrogen and oxygen atoms in total. The highest BCUT2D eigenvalue weighted by molar-refractivity contribution is 7.92. The van der Waals surface area contributed by atoms with Crippen LogP contribution in [0.3, 0.4) is 0 Å². The van der Waals surface area contributed by atoms with E-state index in [1.807, 2.05) is 26.8 Å². The third-order valence-electron chi connectivity index (χ3n) is 4.79. The Kier molecular flexibility index (Phi) is 7.11. The molecule has 3 rings (SSSR count). The number of rotatable bonds is 7. The van der Waals surface area contributed by atoms with Gasteiger partial charge in [0.1, 0.15) is 5.75 Å². The van der Waals surface area contributed by atoms with Crippen LogP contribution in [-0.4, -0.2) is 20.4 Å². The number of nitrogens with one attached hydrogen (secondary N) is 2. The fraction of sp³-hybridized carbons (Fsp3) is 0.208. The SMILES string of the molecule is Cc1cccc(NS(=O)(=O)c2ccc(NC(=O)C(C)Oc3cc(C)c(Cl)c(C)c3)cc2)c1. The highest BCUT2D eigenvalue weighted by Gasteiger charge is 2.18. The Morgan fingerprint density at radius 2 is 1.56 bits per heavy atom. The normalized spacial score (nSPS) is 12.2. The molecule has 0 aliphatic carbocycles. The van der Waals surface area contributed by atoms with Crippen molar-refractivity contribution >= 4 is 38.9 Å². The minimum Gasteiger partial charge on any atom is -0.481 e. The van der Waals surface area contributed by atoms with Crippen LogP contribution in [0.25, 0.3) is 0 Å². The number of aryl methyl sites for hydroxylation is 3. The summed E-state index contributed by atoms with van der Waals surface area (Å²) in [5.74, 6) is 0.194. The molecule has 0 radical (unpaired) electrons. The van der Waals surface area contributed by atoms with E-state index in [9.17, 15) is 13.2 Å². The van der Waals surface area contributed by atoms with Crippen molar-refractivity contribution in [3.8, 4) is 5.75 Å². The van der Waals surface area contributed by atoms with Crippen LogP contribution in [-0.2, 0) is 14.8 Å². The fourth-order valence-corrected chi connectivity index (χ4v) is 4.27. The standard InChI is InChI=1S/C24H25ClN2O4S/c1-15-6-5-7-20(12-15)27-32(29,30)22-10-8-19(9-11-22)26-24(28)18(4)31-21-13-16(2)23(25)17(3)14-21/h5-14,18,27H,1-4H3,(H,26,28). The maximum Gasteiger partial charge on any atom is 0.265 e. The molecule has 0 saturated heterocycles. The van der Waals surface area contributed by atoms with Gasteiger partial charge in [-0.25, -0.2) is 8.42 Å². The van der Waals surface area contributed by atoms with Crippen LogP contribution in [0.15, 0.2) is 65.6 Å². The molecule has 1 amide bonds. The molecule has 3 aromatic rings. The molecule has 32 heavy (non-hydrogen) atoms. The van der Waals surface area contributed by atoms with Gasteiger partial charge in [0.05, 0.1) is 4.90 Å². The zero-order valence-electron chi connectivity index (χ0n) is 18.3. The Hall–Kier alpha value is -3.03. The maximum absolute atomic E-state index is 12.6. The average molecular weight is 473 g/mol. The van der Waals surface area contributed by atoms with Crippen LogP contribution in [0.5, 0.6) is 5.75 Å². The summed E-state index contributed by atoms with van der Waals surface area (Å²) in [7, 11) is -3.74. The molecule has 3 aromatic carbocycles. The maximum atomic E-state index is 12.6. The van der Waals surface area contributed by atoms with E-state index in [2.05, 4.69) is 10.0 Å². The molecule has 2 N–H and O–H groups in total. The summed E-state index contributed by atoms with van der Waals surface area (Å²) in [6.45, 7) is 7.27. The van der Waals surface area contributed by atoms with E-state index in [-0.39, 0.29) is 10.8 Å². The van der Waals surface area contributed by atoms with E-state index >= 15 is 0 Å². The van der Waals surface area contributed by atoms with Crippen molar-refractivity contribution in [2.24, 2.45) is 0 Å². The number of carbonyl (C=O) groups is 1. The summed E-state index contributed by atoms with van der Waals surface area (Å²) in [4.78, 5) is 12.6. The van der Waals surface area contributed by atoms with E-state index < -0.39 is 16.1 Å². The second kappa shape index (κ2) is 9.63. The molecule has 8 heteroatoms. The summed E-state index contributed by atoms with van der Waals surface area (Å²) in [6.07, 6.45) is -0.763. The first-order valence-electron chi connectivity index (χ1n) is 9.99. The van der Waals surface area contributed by atoms with Crippen molar-refractivity contribution in [2.45, 2.75) is 38.7 Å². The van der Waals surface area contributed by atoms with Crippen molar-refractivity contribution in [3.63, 3.8) is 0 Å². The summed E-state index contributed by atoms with van der Waals surface area (Å²) in [5, 5.41) is 3.40. The minimum atomic E-state index is -3.74. The third-order valence-corrected chi connectivity index (χ3v) is 6.79. The van der Waals surface area contributed by atoms with Crippen LogP contribution in [0.1, 0.15) is 23.6 Å². The van der Waals surface area contributed by atoms with Gasteiger partial charge in [-0.15, -0.1) is 0 Å². The molecular formula is C24H25ClN2O4S. The molecule has 0 heterocycles. The van der Waals surface area contributed by atoms with Gasteiger partial charge in [0.15, 0.2) is 6.10 Å². The average Bonchev–Trinajstić information content (AvgIpc) is 2.72. The molecule has 0 saturated carbocycles. The highest BCUT2D eigenvalue weighted by atomic mass is 35.5. The van der Waals surface area contributed by atoms with Crippen LogP contribution < -0.4 is 14.8 Å². The largest absolute Gasteiger partial charge is 0.481 e. The first-order chi connectivity index (χ1) is 15.0. The van der Waals surface area contributed by atoms with Crippen LogP contribution in [0, 0.1) is 20.8 Å². The molecule has 0 fully saturated rings. The lowest BCUT2D eigenvalue weighted by Crippen LogP contribution is -2.30. The van der Waals surface area contributed by atoms with E-state index in [1.165, 1.54) is 24.3 Å². The zero-order valence-corrected chi connectivity index (χ0v) is 19.8. The minimum absolute atomic E-state index is 0.0911. The number of halogens is 1. The highest BCUT2D eigenvalue weighted by Crippen LogP contribution is 2.26. The van der Waals surface area contributed by atoms with Crippen LogP contribution in [0.2, 0.25) is 5.02 Å². The number of hydrogen-bond acceptors (Lipinski definition) is 4. The number of ether oxygens (including phenoxy) is 1. The van der Waals surface area contributed by atoms with Crippen molar-refractivity contribution in [1.82, 2.24) is 0 Å². The number of benzene rings is 3. The van der Waals surface area contributed by atoms with Crippen LogP contribution in [0.4, 0.5) is 11.4 Å². The predicted octanol–water partition coefficient (Wildman–Crippen LogP) is 5.47. The second-order valence-electron chi connectivity index (χ2n) is 7.62. The number of hydrogen-bond donors (Lipinski definition) is 2. The lowest BCUT2D eigenvalue weighted by atomic mass is 10.1. The van der Waals surface area contributed by atoms with E-state index in [4.69, 9.17) is 16.3 Å². The van der Waals surface area contributed by atoms with Gasteiger partial charge in [-0.05, 0) is 92.9 Å².